The number of aliphatic hydroxyl groups excluding tert-OH is 1. The molecule has 1 aromatic carbocycles. The van der Waals surface area contributed by atoms with Gasteiger partial charge < -0.3 is 10.0 Å². The van der Waals surface area contributed by atoms with Gasteiger partial charge in [0, 0.05) is 25.6 Å². The summed E-state index contributed by atoms with van der Waals surface area (Å²) in [6.45, 7) is 1.39. The van der Waals surface area contributed by atoms with Crippen LogP contribution in [0.2, 0.25) is 0 Å². The number of rotatable bonds is 3. The molecule has 1 aliphatic heterocycles. The van der Waals surface area contributed by atoms with E-state index in [0.29, 0.717) is 12.5 Å². The van der Waals surface area contributed by atoms with E-state index < -0.39 is 0 Å². The van der Waals surface area contributed by atoms with Crippen LogP contribution in [0.15, 0.2) is 24.3 Å². The van der Waals surface area contributed by atoms with Gasteiger partial charge in [-0.25, -0.2) is 4.39 Å². The highest BCUT2D eigenvalue weighted by Crippen LogP contribution is 2.52. The fourth-order valence-electron chi connectivity index (χ4n) is 2.82. The number of likely N-dealkylation sites (tertiary alicyclic amines) is 1. The molecule has 1 saturated carbocycles. The second-order valence-corrected chi connectivity index (χ2v) is 4.88. The van der Waals surface area contributed by atoms with Gasteiger partial charge in [0.1, 0.15) is 5.82 Å². The van der Waals surface area contributed by atoms with Gasteiger partial charge in [-0.1, -0.05) is 12.1 Å². The van der Waals surface area contributed by atoms with E-state index in [0.717, 1.165) is 12.1 Å². The van der Waals surface area contributed by atoms with E-state index in [1.165, 1.54) is 12.1 Å². The highest BCUT2D eigenvalue weighted by molar-refractivity contribution is 5.85. The Labute approximate surface area is 98.9 Å². The lowest BCUT2D eigenvalue weighted by molar-refractivity contribution is -0.131. The Morgan fingerprint density at radius 2 is 2.06 bits per heavy atom. The molecule has 90 valence electrons. The van der Waals surface area contributed by atoms with Gasteiger partial charge in [-0.3, -0.25) is 4.79 Å². The fourth-order valence-corrected chi connectivity index (χ4v) is 2.82. The van der Waals surface area contributed by atoms with E-state index in [2.05, 4.69) is 0 Å². The van der Waals surface area contributed by atoms with Gasteiger partial charge in [-0.2, -0.15) is 0 Å². The van der Waals surface area contributed by atoms with Gasteiger partial charge in [0.2, 0.25) is 5.91 Å². The summed E-state index contributed by atoms with van der Waals surface area (Å²) in [5, 5.41) is 9.02. The van der Waals surface area contributed by atoms with Gasteiger partial charge in [0.05, 0.1) is 0 Å². The van der Waals surface area contributed by atoms with Crippen molar-refractivity contribution in [3.8, 4) is 0 Å². The number of piperidine rings is 1. The molecule has 3 nitrogen and oxygen atoms in total. The number of hydrogen-bond donors (Lipinski definition) is 1. The highest BCUT2D eigenvalue weighted by Gasteiger charge is 2.60. The van der Waals surface area contributed by atoms with Crippen molar-refractivity contribution in [2.24, 2.45) is 17.8 Å². The topological polar surface area (TPSA) is 40.5 Å². The molecule has 1 saturated heterocycles. The third-order valence-electron chi connectivity index (χ3n) is 3.86. The van der Waals surface area contributed by atoms with Crippen molar-refractivity contribution in [3.63, 3.8) is 0 Å². The fraction of sp³-hybridized carbons (Fsp3) is 0.462. The molecule has 2 aliphatic rings. The zero-order valence-corrected chi connectivity index (χ0v) is 9.34. The molecule has 3 rings (SSSR count). The molecule has 4 heteroatoms. The molecule has 3 unspecified atom stereocenters. The first-order valence-electron chi connectivity index (χ1n) is 5.85. The van der Waals surface area contributed by atoms with Crippen LogP contribution >= 0.6 is 0 Å². The maximum Gasteiger partial charge on any atom is 0.226 e. The van der Waals surface area contributed by atoms with Crippen molar-refractivity contribution in [3.05, 3.63) is 35.6 Å². The minimum absolute atomic E-state index is 0.0421. The lowest BCUT2D eigenvalue weighted by Gasteiger charge is -2.19. The molecule has 0 bridgehead atoms. The van der Waals surface area contributed by atoms with Crippen LogP contribution in [0.25, 0.3) is 0 Å². The standard InChI is InChI=1S/C13H14FNO2/c14-9-3-1-8(2-4-9)5-15-6-10-11(7-16)12(10)13(15)17/h1-4,10-12,16H,5-7H2. The summed E-state index contributed by atoms with van der Waals surface area (Å²) in [5.41, 5.74) is 0.946. The first-order valence-corrected chi connectivity index (χ1v) is 5.85. The molecule has 1 heterocycles. The van der Waals surface area contributed by atoms with Crippen LogP contribution in [0.5, 0.6) is 0 Å². The maximum absolute atomic E-state index is 12.7. The molecule has 1 amide bonds. The molecular formula is C13H14FNO2. The summed E-state index contributed by atoms with van der Waals surface area (Å²) in [6, 6.07) is 6.23. The second kappa shape index (κ2) is 3.81. The van der Waals surface area contributed by atoms with E-state index in [9.17, 15) is 9.18 Å². The van der Waals surface area contributed by atoms with Crippen LogP contribution in [-0.4, -0.2) is 29.1 Å². The molecule has 0 aromatic heterocycles. The van der Waals surface area contributed by atoms with E-state index >= 15 is 0 Å². The number of hydrogen-bond acceptors (Lipinski definition) is 2. The van der Waals surface area contributed by atoms with Gasteiger partial charge in [0.15, 0.2) is 0 Å². The van der Waals surface area contributed by atoms with Gasteiger partial charge in [-0.05, 0) is 29.5 Å². The van der Waals surface area contributed by atoms with Crippen molar-refractivity contribution in [2.75, 3.05) is 13.2 Å². The minimum Gasteiger partial charge on any atom is -0.396 e. The zero-order chi connectivity index (χ0) is 12.0. The van der Waals surface area contributed by atoms with Crippen molar-refractivity contribution >= 4 is 5.91 Å². The van der Waals surface area contributed by atoms with Crippen LogP contribution in [0.4, 0.5) is 4.39 Å². The molecular weight excluding hydrogens is 221 g/mol. The molecule has 0 radical (unpaired) electrons. The largest absolute Gasteiger partial charge is 0.396 e. The number of amides is 1. The van der Waals surface area contributed by atoms with E-state index in [1.807, 2.05) is 0 Å². The average molecular weight is 235 g/mol. The normalized spacial score (nSPS) is 30.6. The molecule has 0 spiro atoms. The van der Waals surface area contributed by atoms with Gasteiger partial charge in [-0.15, -0.1) is 0 Å². The van der Waals surface area contributed by atoms with Crippen LogP contribution in [0.1, 0.15) is 5.56 Å². The molecule has 1 aliphatic carbocycles. The maximum atomic E-state index is 12.7. The number of fused-ring (bicyclic) bond motifs is 1. The summed E-state index contributed by atoms with van der Waals surface area (Å²) < 4.78 is 12.7. The summed E-state index contributed by atoms with van der Waals surface area (Å²) >= 11 is 0. The third kappa shape index (κ3) is 1.72. The summed E-state index contributed by atoms with van der Waals surface area (Å²) in [6.07, 6.45) is 0. The van der Waals surface area contributed by atoms with Crippen molar-refractivity contribution < 1.29 is 14.3 Å². The SMILES string of the molecule is O=C1C2C(CO)C2CN1Cc1ccc(F)cc1. The van der Waals surface area contributed by atoms with Crippen molar-refractivity contribution in [2.45, 2.75) is 6.54 Å². The highest BCUT2D eigenvalue weighted by atomic mass is 19.1. The van der Waals surface area contributed by atoms with Crippen molar-refractivity contribution in [1.29, 1.82) is 0 Å². The summed E-state index contributed by atoms with van der Waals surface area (Å²) in [5.74, 6) is 0.448. The van der Waals surface area contributed by atoms with E-state index in [-0.39, 0.29) is 30.2 Å². The monoisotopic (exact) mass is 235 g/mol. The number of carbonyl (C=O) groups excluding carboxylic acids is 1. The second-order valence-electron chi connectivity index (χ2n) is 4.88. The number of benzene rings is 1. The van der Waals surface area contributed by atoms with Gasteiger partial charge in [0.25, 0.3) is 0 Å². The average Bonchev–Trinajstić information content (AvgIpc) is 2.94. The zero-order valence-electron chi connectivity index (χ0n) is 9.34. The first kappa shape index (κ1) is 10.7. The van der Waals surface area contributed by atoms with Crippen molar-refractivity contribution in [1.82, 2.24) is 4.90 Å². The predicted octanol–water partition coefficient (Wildman–Crippen LogP) is 1.02. The minimum atomic E-state index is -0.260. The van der Waals surface area contributed by atoms with Crippen LogP contribution < -0.4 is 0 Å². The summed E-state index contributed by atoms with van der Waals surface area (Å²) in [4.78, 5) is 13.7. The number of halogens is 1. The first-order chi connectivity index (χ1) is 8.20. The molecule has 1 aromatic rings. The van der Waals surface area contributed by atoms with E-state index in [1.54, 1.807) is 17.0 Å². The molecule has 3 atom stereocenters. The Kier molecular flexibility index (Phi) is 2.40. The molecule has 2 fully saturated rings. The number of nitrogens with zero attached hydrogens (tertiary/aromatic N) is 1. The Morgan fingerprint density at radius 3 is 2.59 bits per heavy atom. The number of aliphatic hydroxyl groups is 1. The molecule has 17 heavy (non-hydrogen) atoms. The predicted molar refractivity (Wildman–Crippen MR) is 59.4 cm³/mol. The van der Waals surface area contributed by atoms with Crippen LogP contribution in [-0.2, 0) is 11.3 Å². The Hall–Kier alpha value is -1.42. The molecule has 1 N–H and O–H groups in total. The lowest BCUT2D eigenvalue weighted by Crippen LogP contribution is -2.30. The quantitative estimate of drug-likeness (QED) is 0.849. The van der Waals surface area contributed by atoms with E-state index in [4.69, 9.17) is 5.11 Å². The van der Waals surface area contributed by atoms with Crippen LogP contribution in [0.3, 0.4) is 0 Å². The summed E-state index contributed by atoms with van der Waals surface area (Å²) in [7, 11) is 0. The lowest BCUT2D eigenvalue weighted by atomic mass is 10.2. The van der Waals surface area contributed by atoms with Gasteiger partial charge >= 0.3 is 0 Å². The Bertz CT molecular complexity index is 445. The Balaban J connectivity index is 1.65. The number of carbonyl (C=O) groups is 1. The van der Waals surface area contributed by atoms with Crippen LogP contribution in [0, 0.1) is 23.6 Å². The smallest absolute Gasteiger partial charge is 0.226 e. The Morgan fingerprint density at radius 1 is 1.35 bits per heavy atom. The third-order valence-corrected chi connectivity index (χ3v) is 3.86.